The van der Waals surface area contributed by atoms with Crippen LogP contribution in [0.3, 0.4) is 0 Å². The predicted molar refractivity (Wildman–Crippen MR) is 91.7 cm³/mol. The number of ether oxygens (including phenoxy) is 1. The summed E-state index contributed by atoms with van der Waals surface area (Å²) < 4.78 is 6.70. The van der Waals surface area contributed by atoms with Crippen molar-refractivity contribution in [1.82, 2.24) is 0 Å². The first-order valence-electron chi connectivity index (χ1n) is 6.46. The highest BCUT2D eigenvalue weighted by Gasteiger charge is 2.35. The van der Waals surface area contributed by atoms with Crippen LogP contribution in [-0.2, 0) is 9.53 Å². The second-order valence-electron chi connectivity index (χ2n) is 4.99. The van der Waals surface area contributed by atoms with Crippen LogP contribution in [0.25, 0.3) is 0 Å². The Kier molecular flexibility index (Phi) is 5.21. The molecule has 0 amide bonds. The summed E-state index contributed by atoms with van der Waals surface area (Å²) in [5.41, 5.74) is 0. The fourth-order valence-electron chi connectivity index (χ4n) is 2.19. The lowest BCUT2D eigenvalue weighted by Crippen LogP contribution is -2.45. The highest BCUT2D eigenvalue weighted by molar-refractivity contribution is 8.25. The maximum atomic E-state index is 11.6. The molecule has 1 fully saturated rings. The van der Waals surface area contributed by atoms with Gasteiger partial charge >= 0.3 is 0 Å². The zero-order valence-electron chi connectivity index (χ0n) is 11.9. The molecule has 0 bridgehead atoms. The van der Waals surface area contributed by atoms with Gasteiger partial charge in [0, 0.05) is 11.5 Å². The summed E-state index contributed by atoms with van der Waals surface area (Å²) in [5.74, 6) is 5.08. The Balaban J connectivity index is 2.47. The second kappa shape index (κ2) is 6.72. The van der Waals surface area contributed by atoms with Crippen LogP contribution in [0.15, 0.2) is 45.5 Å². The first-order valence-corrected chi connectivity index (χ1v) is 11.4. The standard InChI is InChI=1S/C15H18O2S2Si/c1-17-14(15-18-9-10-19-15)13(11-16)20(2,3)12-7-5-4-6-8-12/h4-8H,9-10H2,1-3H3. The SMILES string of the molecule is COC(C(=C=O)[Si](C)(C)c1ccccc1)=C1SCCS1. The Bertz CT molecular complexity index is 552. The maximum Gasteiger partial charge on any atom is 0.149 e. The van der Waals surface area contributed by atoms with E-state index in [0.29, 0.717) is 0 Å². The van der Waals surface area contributed by atoms with Gasteiger partial charge in [0.2, 0.25) is 0 Å². The molecule has 1 aromatic carbocycles. The second-order valence-corrected chi connectivity index (χ2v) is 11.8. The van der Waals surface area contributed by atoms with Gasteiger partial charge in [-0.05, 0) is 0 Å². The van der Waals surface area contributed by atoms with Gasteiger partial charge in [0.15, 0.2) is 0 Å². The Morgan fingerprint density at radius 3 is 2.30 bits per heavy atom. The Morgan fingerprint density at radius 1 is 1.20 bits per heavy atom. The maximum absolute atomic E-state index is 11.6. The van der Waals surface area contributed by atoms with Gasteiger partial charge in [0.1, 0.15) is 19.8 Å². The van der Waals surface area contributed by atoms with Crippen molar-refractivity contribution in [3.8, 4) is 0 Å². The van der Waals surface area contributed by atoms with Crippen molar-refractivity contribution in [2.45, 2.75) is 13.1 Å². The molecule has 0 saturated carbocycles. The van der Waals surface area contributed by atoms with E-state index in [4.69, 9.17) is 4.74 Å². The summed E-state index contributed by atoms with van der Waals surface area (Å²) >= 11 is 3.54. The summed E-state index contributed by atoms with van der Waals surface area (Å²) in [6.07, 6.45) is 0. The van der Waals surface area contributed by atoms with Gasteiger partial charge in [-0.15, -0.1) is 23.5 Å². The van der Waals surface area contributed by atoms with E-state index in [1.807, 2.05) is 18.2 Å². The van der Waals surface area contributed by atoms with Crippen molar-refractivity contribution in [2.24, 2.45) is 0 Å². The molecule has 106 valence electrons. The fraction of sp³-hybridized carbons (Fsp3) is 0.333. The van der Waals surface area contributed by atoms with Gasteiger partial charge in [0.25, 0.3) is 0 Å². The molecular formula is C15H18O2S2Si. The molecule has 20 heavy (non-hydrogen) atoms. The van der Waals surface area contributed by atoms with E-state index >= 15 is 0 Å². The zero-order valence-corrected chi connectivity index (χ0v) is 14.6. The number of hydrogen-bond donors (Lipinski definition) is 0. The lowest BCUT2D eigenvalue weighted by atomic mass is 10.4. The molecule has 1 aliphatic rings. The number of hydrogen-bond acceptors (Lipinski definition) is 4. The molecule has 2 rings (SSSR count). The molecule has 1 aromatic rings. The van der Waals surface area contributed by atoms with Gasteiger partial charge in [-0.1, -0.05) is 48.6 Å². The third kappa shape index (κ3) is 3.06. The lowest BCUT2D eigenvalue weighted by molar-refractivity contribution is 0.305. The highest BCUT2D eigenvalue weighted by atomic mass is 32.2. The fourth-order valence-corrected chi connectivity index (χ4v) is 7.24. The van der Waals surface area contributed by atoms with Gasteiger partial charge in [-0.2, -0.15) is 0 Å². The van der Waals surface area contributed by atoms with E-state index in [1.165, 1.54) is 5.19 Å². The zero-order chi connectivity index (χ0) is 14.6. The summed E-state index contributed by atoms with van der Waals surface area (Å²) in [6, 6.07) is 10.2. The van der Waals surface area contributed by atoms with E-state index in [0.717, 1.165) is 26.7 Å². The van der Waals surface area contributed by atoms with E-state index in [9.17, 15) is 4.79 Å². The quantitative estimate of drug-likeness (QED) is 0.483. The van der Waals surface area contributed by atoms with Crippen LogP contribution in [0.2, 0.25) is 13.1 Å². The predicted octanol–water partition coefficient (Wildman–Crippen LogP) is 3.19. The van der Waals surface area contributed by atoms with Crippen molar-refractivity contribution in [3.63, 3.8) is 0 Å². The molecular weight excluding hydrogens is 304 g/mol. The summed E-state index contributed by atoms with van der Waals surface area (Å²) in [6.45, 7) is 4.35. The van der Waals surface area contributed by atoms with Crippen LogP contribution in [0.5, 0.6) is 0 Å². The van der Waals surface area contributed by atoms with Crippen LogP contribution in [0.4, 0.5) is 0 Å². The van der Waals surface area contributed by atoms with Crippen molar-refractivity contribution < 1.29 is 9.53 Å². The average Bonchev–Trinajstić information content (AvgIpc) is 2.99. The lowest BCUT2D eigenvalue weighted by Gasteiger charge is -2.25. The smallest absolute Gasteiger partial charge is 0.149 e. The average molecular weight is 323 g/mol. The topological polar surface area (TPSA) is 26.3 Å². The molecule has 5 heteroatoms. The molecule has 1 heterocycles. The van der Waals surface area contributed by atoms with Crippen LogP contribution >= 0.6 is 23.5 Å². The molecule has 2 nitrogen and oxygen atoms in total. The molecule has 1 aliphatic heterocycles. The Hall–Kier alpha value is -0.873. The van der Waals surface area contributed by atoms with Crippen molar-refractivity contribution >= 4 is 42.7 Å². The Labute approximate surface area is 129 Å². The van der Waals surface area contributed by atoms with E-state index in [-0.39, 0.29) is 0 Å². The van der Waals surface area contributed by atoms with Crippen molar-refractivity contribution in [3.05, 3.63) is 45.5 Å². The number of benzene rings is 1. The molecule has 1 saturated heterocycles. The first-order chi connectivity index (χ1) is 9.61. The minimum atomic E-state index is -2.08. The molecule has 0 aliphatic carbocycles. The molecule has 0 aromatic heterocycles. The number of carbonyl (C=O) groups excluding carboxylic acids is 1. The number of thioether (sulfide) groups is 2. The summed E-state index contributed by atoms with van der Waals surface area (Å²) in [7, 11) is -0.430. The van der Waals surface area contributed by atoms with Crippen molar-refractivity contribution in [1.29, 1.82) is 0 Å². The third-order valence-corrected chi connectivity index (χ3v) is 9.42. The van der Waals surface area contributed by atoms with Crippen LogP contribution in [0.1, 0.15) is 0 Å². The molecule has 0 radical (unpaired) electrons. The normalized spacial score (nSPS) is 14.8. The molecule has 0 unspecified atom stereocenters. The van der Waals surface area contributed by atoms with Gasteiger partial charge in [-0.25, -0.2) is 4.79 Å². The van der Waals surface area contributed by atoms with Crippen molar-refractivity contribution in [2.75, 3.05) is 18.6 Å². The van der Waals surface area contributed by atoms with Gasteiger partial charge < -0.3 is 4.74 Å². The highest BCUT2D eigenvalue weighted by Crippen LogP contribution is 2.41. The number of methoxy groups -OCH3 is 1. The number of rotatable bonds is 4. The van der Waals surface area contributed by atoms with Crippen LogP contribution < -0.4 is 5.19 Å². The van der Waals surface area contributed by atoms with E-state index in [1.54, 1.807) is 30.6 Å². The molecule has 0 N–H and O–H groups in total. The molecule has 0 atom stereocenters. The first kappa shape index (κ1) is 15.5. The van der Waals surface area contributed by atoms with E-state index < -0.39 is 8.07 Å². The molecule has 0 spiro atoms. The van der Waals surface area contributed by atoms with Gasteiger partial charge in [0.05, 0.1) is 16.5 Å². The van der Waals surface area contributed by atoms with E-state index in [2.05, 4.69) is 31.2 Å². The Morgan fingerprint density at radius 2 is 1.80 bits per heavy atom. The third-order valence-electron chi connectivity index (χ3n) is 3.39. The minimum Gasteiger partial charge on any atom is -0.494 e. The van der Waals surface area contributed by atoms with Crippen LogP contribution in [0, 0.1) is 0 Å². The number of allylic oxidation sites excluding steroid dienone is 1. The summed E-state index contributed by atoms with van der Waals surface area (Å²) in [4.78, 5) is 11.6. The summed E-state index contributed by atoms with van der Waals surface area (Å²) in [5, 5.41) is 1.95. The monoisotopic (exact) mass is 322 g/mol. The van der Waals surface area contributed by atoms with Gasteiger partial charge in [-0.3, -0.25) is 0 Å². The van der Waals surface area contributed by atoms with Crippen LogP contribution in [-0.4, -0.2) is 32.6 Å². The minimum absolute atomic E-state index is 0.725. The largest absolute Gasteiger partial charge is 0.494 e.